The lowest BCUT2D eigenvalue weighted by atomic mass is 9.64. The quantitative estimate of drug-likeness (QED) is 0.873. The molecule has 4 nitrogen and oxygen atoms in total. The number of likely N-dealkylation sites (tertiary alicyclic amines) is 1. The van der Waals surface area contributed by atoms with Crippen molar-refractivity contribution in [3.8, 4) is 0 Å². The minimum absolute atomic E-state index is 0.0387. The zero-order valence-corrected chi connectivity index (χ0v) is 14.8. The van der Waals surface area contributed by atoms with Crippen molar-refractivity contribution in [3.63, 3.8) is 0 Å². The molecule has 2 aliphatic rings. The van der Waals surface area contributed by atoms with E-state index in [1.807, 2.05) is 11.0 Å². The molecule has 1 aromatic rings. The number of nitrogens with one attached hydrogen (secondary N) is 1. The van der Waals surface area contributed by atoms with Gasteiger partial charge in [0.2, 0.25) is 11.8 Å². The Morgan fingerprint density at radius 2 is 2.00 bits per heavy atom. The second-order valence-corrected chi connectivity index (χ2v) is 7.81. The van der Waals surface area contributed by atoms with Gasteiger partial charge in [0, 0.05) is 31.5 Å². The number of amides is 2. The van der Waals surface area contributed by atoms with Gasteiger partial charge in [0.05, 0.1) is 5.92 Å². The van der Waals surface area contributed by atoms with Crippen LogP contribution in [0.5, 0.6) is 0 Å². The first kappa shape index (κ1) is 17.0. The summed E-state index contributed by atoms with van der Waals surface area (Å²) in [6.45, 7) is 6.20. The van der Waals surface area contributed by atoms with Crippen LogP contribution in [-0.4, -0.2) is 36.3 Å². The van der Waals surface area contributed by atoms with Gasteiger partial charge < -0.3 is 10.2 Å². The van der Waals surface area contributed by atoms with Gasteiger partial charge in [0.1, 0.15) is 0 Å². The molecule has 1 atom stereocenters. The van der Waals surface area contributed by atoms with Gasteiger partial charge in [-0.1, -0.05) is 50.6 Å². The maximum absolute atomic E-state index is 12.6. The van der Waals surface area contributed by atoms with Crippen LogP contribution < -0.4 is 5.32 Å². The zero-order chi connectivity index (χ0) is 17.2. The Kier molecular flexibility index (Phi) is 4.93. The van der Waals surface area contributed by atoms with E-state index >= 15 is 0 Å². The molecule has 130 valence electrons. The molecule has 4 heteroatoms. The number of hydrogen-bond acceptors (Lipinski definition) is 2. The highest BCUT2D eigenvalue weighted by Crippen LogP contribution is 2.43. The van der Waals surface area contributed by atoms with E-state index in [1.54, 1.807) is 0 Å². The fraction of sp³-hybridized carbons (Fsp3) is 0.600. The molecule has 1 aliphatic heterocycles. The van der Waals surface area contributed by atoms with E-state index in [-0.39, 0.29) is 23.1 Å². The van der Waals surface area contributed by atoms with Crippen LogP contribution in [0.2, 0.25) is 0 Å². The summed E-state index contributed by atoms with van der Waals surface area (Å²) in [5.41, 5.74) is 1.41. The van der Waals surface area contributed by atoms with Crippen molar-refractivity contribution in [3.05, 3.63) is 35.9 Å². The van der Waals surface area contributed by atoms with Gasteiger partial charge in [-0.15, -0.1) is 0 Å². The van der Waals surface area contributed by atoms with Crippen LogP contribution in [0.3, 0.4) is 0 Å². The van der Waals surface area contributed by atoms with E-state index < -0.39 is 0 Å². The minimum Gasteiger partial charge on any atom is -0.355 e. The highest BCUT2D eigenvalue weighted by molar-refractivity contribution is 5.89. The second kappa shape index (κ2) is 6.96. The van der Waals surface area contributed by atoms with E-state index in [1.165, 1.54) is 12.0 Å². The van der Waals surface area contributed by atoms with Crippen molar-refractivity contribution in [2.24, 2.45) is 11.8 Å². The highest BCUT2D eigenvalue weighted by atomic mass is 16.2. The molecule has 0 spiro atoms. The Hall–Kier alpha value is -1.84. The third kappa shape index (κ3) is 3.47. The largest absolute Gasteiger partial charge is 0.355 e. The average Bonchev–Trinajstić information content (AvgIpc) is 2.87. The summed E-state index contributed by atoms with van der Waals surface area (Å²) in [4.78, 5) is 26.4. The Morgan fingerprint density at radius 1 is 1.29 bits per heavy atom. The number of carbonyl (C=O) groups excluding carboxylic acids is 2. The fourth-order valence-corrected chi connectivity index (χ4v) is 3.93. The Labute approximate surface area is 144 Å². The minimum atomic E-state index is -0.191. The van der Waals surface area contributed by atoms with Gasteiger partial charge in [-0.3, -0.25) is 9.59 Å². The third-order valence-corrected chi connectivity index (χ3v) is 5.47. The van der Waals surface area contributed by atoms with Crippen molar-refractivity contribution in [2.75, 3.05) is 19.6 Å². The molecule has 1 saturated heterocycles. The smallest absolute Gasteiger partial charge is 0.225 e. The first-order valence-corrected chi connectivity index (χ1v) is 9.11. The first-order valence-electron chi connectivity index (χ1n) is 9.11. The van der Waals surface area contributed by atoms with Crippen molar-refractivity contribution < 1.29 is 9.59 Å². The molecule has 0 aromatic heterocycles. The maximum Gasteiger partial charge on any atom is 0.225 e. The van der Waals surface area contributed by atoms with Gasteiger partial charge in [0.15, 0.2) is 0 Å². The Balaban J connectivity index is 1.57. The van der Waals surface area contributed by atoms with E-state index in [0.29, 0.717) is 25.4 Å². The SMILES string of the molecule is CC(C)CN1CC(C(=O)NCC2(c3ccccc3)CCC2)CC1=O. The van der Waals surface area contributed by atoms with Crippen LogP contribution in [0, 0.1) is 11.8 Å². The van der Waals surface area contributed by atoms with Crippen LogP contribution in [0.4, 0.5) is 0 Å². The fourth-order valence-electron chi connectivity index (χ4n) is 3.93. The highest BCUT2D eigenvalue weighted by Gasteiger charge is 2.40. The van der Waals surface area contributed by atoms with Gasteiger partial charge in [0.25, 0.3) is 0 Å². The monoisotopic (exact) mass is 328 g/mol. The number of benzene rings is 1. The van der Waals surface area contributed by atoms with Crippen LogP contribution in [0.1, 0.15) is 45.1 Å². The van der Waals surface area contributed by atoms with Crippen LogP contribution in [-0.2, 0) is 15.0 Å². The third-order valence-electron chi connectivity index (χ3n) is 5.47. The molecular weight excluding hydrogens is 300 g/mol. The van der Waals surface area contributed by atoms with Gasteiger partial charge in [-0.05, 0) is 24.3 Å². The first-order chi connectivity index (χ1) is 11.5. The summed E-state index contributed by atoms with van der Waals surface area (Å²) in [5, 5.41) is 3.14. The van der Waals surface area contributed by atoms with Crippen LogP contribution >= 0.6 is 0 Å². The Bertz CT molecular complexity index is 593. The van der Waals surface area contributed by atoms with E-state index in [9.17, 15) is 9.59 Å². The van der Waals surface area contributed by atoms with E-state index in [2.05, 4.69) is 43.4 Å². The number of hydrogen-bond donors (Lipinski definition) is 1. The lowest BCUT2D eigenvalue weighted by Gasteiger charge is -2.42. The summed E-state index contributed by atoms with van der Waals surface area (Å²) < 4.78 is 0. The Morgan fingerprint density at radius 3 is 2.58 bits per heavy atom. The van der Waals surface area contributed by atoms with E-state index in [4.69, 9.17) is 0 Å². The van der Waals surface area contributed by atoms with Crippen LogP contribution in [0.15, 0.2) is 30.3 Å². The lowest BCUT2D eigenvalue weighted by molar-refractivity contribution is -0.129. The number of nitrogens with zero attached hydrogens (tertiary/aromatic N) is 1. The summed E-state index contributed by atoms with van der Waals surface area (Å²) >= 11 is 0. The van der Waals surface area contributed by atoms with Gasteiger partial charge >= 0.3 is 0 Å². The normalized spacial score (nSPS) is 22.5. The summed E-state index contributed by atoms with van der Waals surface area (Å²) in [5.74, 6) is 0.401. The van der Waals surface area contributed by atoms with Gasteiger partial charge in [-0.2, -0.15) is 0 Å². The standard InChI is InChI=1S/C20H28N2O2/c1-15(2)12-22-13-16(11-18(22)23)19(24)21-14-20(9-6-10-20)17-7-4-3-5-8-17/h3-5,7-8,15-16H,6,9-14H2,1-2H3,(H,21,24). The molecule has 24 heavy (non-hydrogen) atoms. The molecule has 3 rings (SSSR count). The molecule has 1 aliphatic carbocycles. The molecule has 1 heterocycles. The molecule has 0 radical (unpaired) electrons. The summed E-state index contributed by atoms with van der Waals surface area (Å²) in [7, 11) is 0. The topological polar surface area (TPSA) is 49.4 Å². The molecule has 1 aromatic carbocycles. The predicted octanol–water partition coefficient (Wildman–Crippen LogP) is 2.73. The van der Waals surface area contributed by atoms with Crippen molar-refractivity contribution in [1.29, 1.82) is 0 Å². The summed E-state index contributed by atoms with van der Waals surface area (Å²) in [6.07, 6.45) is 3.83. The maximum atomic E-state index is 12.6. The summed E-state index contributed by atoms with van der Waals surface area (Å²) in [6, 6.07) is 10.5. The second-order valence-electron chi connectivity index (χ2n) is 7.81. The molecule has 2 amide bonds. The predicted molar refractivity (Wildman–Crippen MR) is 94.5 cm³/mol. The van der Waals surface area contributed by atoms with Gasteiger partial charge in [-0.25, -0.2) is 0 Å². The van der Waals surface area contributed by atoms with Crippen molar-refractivity contribution >= 4 is 11.8 Å². The molecule has 1 saturated carbocycles. The lowest BCUT2D eigenvalue weighted by Crippen LogP contribution is -2.47. The molecule has 1 N–H and O–H groups in total. The molecule has 2 fully saturated rings. The molecule has 0 bridgehead atoms. The zero-order valence-electron chi connectivity index (χ0n) is 14.8. The van der Waals surface area contributed by atoms with Crippen molar-refractivity contribution in [1.82, 2.24) is 10.2 Å². The average molecular weight is 328 g/mol. The van der Waals surface area contributed by atoms with Crippen molar-refractivity contribution in [2.45, 2.75) is 44.9 Å². The number of carbonyl (C=O) groups is 2. The van der Waals surface area contributed by atoms with E-state index in [0.717, 1.165) is 19.4 Å². The molecular formula is C20H28N2O2. The number of rotatable bonds is 6. The molecule has 1 unspecified atom stereocenters. The van der Waals surface area contributed by atoms with Crippen LogP contribution in [0.25, 0.3) is 0 Å².